The van der Waals surface area contributed by atoms with Crippen LogP contribution in [0.4, 0.5) is 0 Å². The summed E-state index contributed by atoms with van der Waals surface area (Å²) in [6, 6.07) is 16.2. The highest BCUT2D eigenvalue weighted by Crippen LogP contribution is 2.26. The van der Waals surface area contributed by atoms with Gasteiger partial charge in [-0.05, 0) is 46.3 Å². The molecule has 21 heavy (non-hydrogen) atoms. The summed E-state index contributed by atoms with van der Waals surface area (Å²) in [7, 11) is 0. The average Bonchev–Trinajstić information content (AvgIpc) is 3.15. The van der Waals surface area contributed by atoms with E-state index in [4.69, 9.17) is 5.84 Å². The molecule has 2 heterocycles. The van der Waals surface area contributed by atoms with Gasteiger partial charge in [0.25, 0.3) is 0 Å². The summed E-state index contributed by atoms with van der Waals surface area (Å²) < 4.78 is 2.99. The minimum Gasteiger partial charge on any atom is -0.271 e. The third-order valence-corrected chi connectivity index (χ3v) is 4.87. The van der Waals surface area contributed by atoms with Gasteiger partial charge in [-0.25, -0.2) is 4.68 Å². The van der Waals surface area contributed by atoms with Crippen molar-refractivity contribution >= 4 is 27.3 Å². The first-order chi connectivity index (χ1) is 10.3. The second-order valence-corrected chi connectivity index (χ2v) is 7.20. The molecule has 108 valence electrons. The zero-order chi connectivity index (χ0) is 14.7. The number of halogens is 1. The van der Waals surface area contributed by atoms with E-state index in [1.807, 2.05) is 47.3 Å². The van der Waals surface area contributed by atoms with E-state index in [1.165, 1.54) is 4.88 Å². The molecule has 3 aromatic rings. The van der Waals surface area contributed by atoms with Gasteiger partial charge in [0.2, 0.25) is 0 Å². The summed E-state index contributed by atoms with van der Waals surface area (Å²) in [5.74, 6) is 5.70. The topological polar surface area (TPSA) is 55.9 Å². The van der Waals surface area contributed by atoms with Crippen molar-refractivity contribution in [3.63, 3.8) is 0 Å². The second-order valence-electron chi connectivity index (χ2n) is 4.65. The van der Waals surface area contributed by atoms with Crippen LogP contribution in [-0.2, 0) is 6.42 Å². The molecule has 1 atom stereocenters. The fourth-order valence-corrected chi connectivity index (χ4v) is 3.69. The van der Waals surface area contributed by atoms with Crippen LogP contribution in [-0.4, -0.2) is 9.78 Å². The molecule has 0 saturated heterocycles. The van der Waals surface area contributed by atoms with Gasteiger partial charge in [0.1, 0.15) is 0 Å². The average molecular weight is 363 g/mol. The number of hydrogen-bond donors (Lipinski definition) is 2. The molecule has 0 radical (unpaired) electrons. The number of hydrogen-bond acceptors (Lipinski definition) is 4. The lowest BCUT2D eigenvalue weighted by molar-refractivity contribution is 0.536. The Bertz CT molecular complexity index is 707. The molecule has 0 saturated carbocycles. The lowest BCUT2D eigenvalue weighted by Crippen LogP contribution is -2.29. The first-order valence-corrected chi connectivity index (χ1v) is 8.18. The first kappa shape index (κ1) is 14.5. The molecule has 0 aliphatic rings. The Morgan fingerprint density at radius 1 is 1.19 bits per heavy atom. The van der Waals surface area contributed by atoms with Gasteiger partial charge in [0, 0.05) is 17.5 Å². The Balaban J connectivity index is 1.80. The number of thiophene rings is 1. The van der Waals surface area contributed by atoms with Gasteiger partial charge in [0.05, 0.1) is 21.2 Å². The van der Waals surface area contributed by atoms with Crippen molar-refractivity contribution < 1.29 is 0 Å². The quantitative estimate of drug-likeness (QED) is 0.539. The number of hydrazine groups is 1. The van der Waals surface area contributed by atoms with Gasteiger partial charge in [0.15, 0.2) is 0 Å². The summed E-state index contributed by atoms with van der Waals surface area (Å²) >= 11 is 5.20. The van der Waals surface area contributed by atoms with Crippen LogP contribution in [0.25, 0.3) is 5.69 Å². The Hall–Kier alpha value is -1.47. The number of nitrogens with one attached hydrogen (secondary N) is 1. The summed E-state index contributed by atoms with van der Waals surface area (Å²) in [5, 5.41) is 4.62. The van der Waals surface area contributed by atoms with Gasteiger partial charge in [-0.3, -0.25) is 11.3 Å². The zero-order valence-corrected chi connectivity index (χ0v) is 13.6. The van der Waals surface area contributed by atoms with E-state index in [-0.39, 0.29) is 6.04 Å². The molecule has 0 aliphatic carbocycles. The Morgan fingerprint density at radius 3 is 2.67 bits per heavy atom. The number of nitrogens with two attached hydrogens (primary N) is 1. The van der Waals surface area contributed by atoms with Crippen molar-refractivity contribution in [2.75, 3.05) is 0 Å². The Kier molecular flexibility index (Phi) is 4.50. The van der Waals surface area contributed by atoms with Gasteiger partial charge < -0.3 is 0 Å². The first-order valence-electron chi connectivity index (χ1n) is 6.57. The van der Waals surface area contributed by atoms with Crippen LogP contribution >= 0.6 is 27.3 Å². The van der Waals surface area contributed by atoms with Crippen molar-refractivity contribution in [2.24, 2.45) is 5.84 Å². The molecule has 4 nitrogen and oxygen atoms in total. The monoisotopic (exact) mass is 362 g/mol. The molecule has 0 amide bonds. The third kappa shape index (κ3) is 3.41. The maximum Gasteiger partial charge on any atom is 0.0815 e. The molecule has 1 unspecified atom stereocenters. The molecule has 6 heteroatoms. The van der Waals surface area contributed by atoms with Crippen LogP contribution in [0.2, 0.25) is 0 Å². The van der Waals surface area contributed by atoms with Crippen LogP contribution in [0.1, 0.15) is 16.6 Å². The molecule has 2 aromatic heterocycles. The SMILES string of the molecule is NNC(Cc1ccc(Br)s1)c1ccn(-c2ccccc2)n1. The number of benzene rings is 1. The minimum absolute atomic E-state index is 0.000474. The van der Waals surface area contributed by atoms with Gasteiger partial charge in [-0.2, -0.15) is 5.10 Å². The van der Waals surface area contributed by atoms with Crippen molar-refractivity contribution in [3.8, 4) is 5.69 Å². The summed E-state index contributed by atoms with van der Waals surface area (Å²) in [6.07, 6.45) is 2.78. The van der Waals surface area contributed by atoms with Crippen molar-refractivity contribution in [1.82, 2.24) is 15.2 Å². The smallest absolute Gasteiger partial charge is 0.0815 e. The second kappa shape index (κ2) is 6.53. The standard InChI is InChI=1S/C15H15BrN4S/c16-15-7-6-12(21-15)10-14(18-17)13-8-9-20(19-13)11-4-2-1-3-5-11/h1-9,14,18H,10,17H2. The molecular formula is C15H15BrN4S. The Morgan fingerprint density at radius 2 is 2.00 bits per heavy atom. The summed E-state index contributed by atoms with van der Waals surface area (Å²) in [5.41, 5.74) is 4.83. The highest BCUT2D eigenvalue weighted by Gasteiger charge is 2.15. The normalized spacial score (nSPS) is 12.5. The van der Waals surface area contributed by atoms with Crippen LogP contribution in [0.15, 0.2) is 58.5 Å². The molecule has 0 aliphatic heterocycles. The van der Waals surface area contributed by atoms with Crippen molar-refractivity contribution in [1.29, 1.82) is 0 Å². The maximum absolute atomic E-state index is 5.70. The maximum atomic E-state index is 5.70. The van der Waals surface area contributed by atoms with E-state index in [2.05, 4.69) is 38.6 Å². The van der Waals surface area contributed by atoms with Gasteiger partial charge in [-0.15, -0.1) is 11.3 Å². The highest BCUT2D eigenvalue weighted by molar-refractivity contribution is 9.11. The van der Waals surface area contributed by atoms with Gasteiger partial charge in [-0.1, -0.05) is 18.2 Å². The number of para-hydroxylation sites is 1. The summed E-state index contributed by atoms with van der Waals surface area (Å²) in [4.78, 5) is 1.26. The van der Waals surface area contributed by atoms with Crippen LogP contribution in [0, 0.1) is 0 Å². The van der Waals surface area contributed by atoms with Gasteiger partial charge >= 0.3 is 0 Å². The number of nitrogens with zero attached hydrogens (tertiary/aromatic N) is 2. The largest absolute Gasteiger partial charge is 0.271 e. The van der Waals surface area contributed by atoms with Crippen LogP contribution in [0.5, 0.6) is 0 Å². The van der Waals surface area contributed by atoms with Crippen molar-refractivity contribution in [3.05, 3.63) is 69.1 Å². The zero-order valence-electron chi connectivity index (χ0n) is 11.2. The number of rotatable bonds is 5. The molecule has 0 fully saturated rings. The lowest BCUT2D eigenvalue weighted by atomic mass is 10.1. The molecular weight excluding hydrogens is 348 g/mol. The lowest BCUT2D eigenvalue weighted by Gasteiger charge is -2.12. The molecule has 0 bridgehead atoms. The predicted molar refractivity (Wildman–Crippen MR) is 89.4 cm³/mol. The van der Waals surface area contributed by atoms with E-state index in [1.54, 1.807) is 11.3 Å². The third-order valence-electron chi connectivity index (χ3n) is 3.22. The van der Waals surface area contributed by atoms with Crippen LogP contribution < -0.4 is 11.3 Å². The number of aromatic nitrogens is 2. The van der Waals surface area contributed by atoms with Crippen LogP contribution in [0.3, 0.4) is 0 Å². The highest BCUT2D eigenvalue weighted by atomic mass is 79.9. The van der Waals surface area contributed by atoms with E-state index >= 15 is 0 Å². The fraction of sp³-hybridized carbons (Fsp3) is 0.133. The minimum atomic E-state index is 0.000474. The van der Waals surface area contributed by atoms with E-state index in [0.717, 1.165) is 21.6 Å². The molecule has 3 N–H and O–H groups in total. The Labute approximate surface area is 135 Å². The molecule has 3 rings (SSSR count). The predicted octanol–water partition coefficient (Wildman–Crippen LogP) is 3.44. The van der Waals surface area contributed by atoms with E-state index in [9.17, 15) is 0 Å². The fourth-order valence-electron chi connectivity index (χ4n) is 2.16. The van der Waals surface area contributed by atoms with Crippen molar-refractivity contribution in [2.45, 2.75) is 12.5 Å². The molecule has 1 aromatic carbocycles. The van der Waals surface area contributed by atoms with E-state index < -0.39 is 0 Å². The molecule has 0 spiro atoms. The summed E-state index contributed by atoms with van der Waals surface area (Å²) in [6.45, 7) is 0. The van der Waals surface area contributed by atoms with E-state index in [0.29, 0.717) is 0 Å².